The Hall–Kier alpha value is -1.44. The lowest BCUT2D eigenvalue weighted by Crippen LogP contribution is -2.46. The lowest BCUT2D eigenvalue weighted by atomic mass is 9.78. The molecule has 1 aliphatic carbocycles. The maximum atomic E-state index is 12.6. The molecule has 1 aromatic carbocycles. The van der Waals surface area contributed by atoms with Crippen molar-refractivity contribution in [3.8, 4) is 0 Å². The average molecular weight is 489 g/mol. The first-order valence-electron chi connectivity index (χ1n) is 10.4. The van der Waals surface area contributed by atoms with E-state index in [1.807, 2.05) is 6.26 Å². The predicted octanol–water partition coefficient (Wildman–Crippen LogP) is 4.33. The summed E-state index contributed by atoms with van der Waals surface area (Å²) in [5, 5.41) is 6.24. The summed E-state index contributed by atoms with van der Waals surface area (Å²) in [7, 11) is 0. The summed E-state index contributed by atoms with van der Waals surface area (Å²) in [5.41, 5.74) is 0.214. The molecule has 2 amide bonds. The summed E-state index contributed by atoms with van der Waals surface area (Å²) in [6.45, 7) is 3.95. The first-order valence-corrected chi connectivity index (χ1v) is 12.6. The first-order chi connectivity index (χ1) is 14.7. The van der Waals surface area contributed by atoms with Gasteiger partial charge in [-0.05, 0) is 54.9 Å². The van der Waals surface area contributed by atoms with Gasteiger partial charge in [-0.25, -0.2) is 4.79 Å². The van der Waals surface area contributed by atoms with Crippen molar-refractivity contribution in [2.24, 2.45) is 11.8 Å². The summed E-state index contributed by atoms with van der Waals surface area (Å²) >= 11 is 13.5. The number of benzene rings is 1. The molecule has 0 saturated heterocycles. The maximum Gasteiger partial charge on any atom is 0.329 e. The summed E-state index contributed by atoms with van der Waals surface area (Å²) < 4.78 is 5.22. The molecule has 1 fully saturated rings. The van der Waals surface area contributed by atoms with Crippen LogP contribution in [0.15, 0.2) is 18.2 Å². The van der Waals surface area contributed by atoms with E-state index in [-0.39, 0.29) is 29.1 Å². The van der Waals surface area contributed by atoms with Gasteiger partial charge < -0.3 is 15.4 Å². The number of thioether (sulfide) groups is 1. The molecule has 2 N–H and O–H groups in total. The van der Waals surface area contributed by atoms with Crippen LogP contribution < -0.4 is 10.6 Å². The number of amides is 2. The summed E-state index contributed by atoms with van der Waals surface area (Å²) in [4.78, 5) is 37.5. The van der Waals surface area contributed by atoms with E-state index >= 15 is 0 Å². The molecule has 0 bridgehead atoms. The zero-order valence-corrected chi connectivity index (χ0v) is 20.4. The Bertz CT molecular complexity index is 793. The Labute approximate surface area is 198 Å². The fourth-order valence-electron chi connectivity index (χ4n) is 3.67. The van der Waals surface area contributed by atoms with Crippen LogP contribution >= 0.6 is 35.0 Å². The summed E-state index contributed by atoms with van der Waals surface area (Å²) in [6.07, 6.45) is 5.44. The topological polar surface area (TPSA) is 84.5 Å². The van der Waals surface area contributed by atoms with Gasteiger partial charge in [-0.2, -0.15) is 11.8 Å². The van der Waals surface area contributed by atoms with Gasteiger partial charge in [-0.3, -0.25) is 9.59 Å². The lowest BCUT2D eigenvalue weighted by Gasteiger charge is -2.34. The third kappa shape index (κ3) is 7.88. The average Bonchev–Trinajstić information content (AvgIpc) is 2.72. The molecule has 9 heteroatoms. The monoisotopic (exact) mass is 488 g/mol. The number of rotatable bonds is 9. The standard InChI is InChI=1S/C22H30Cl2N2O4S/c1-13-5-4-6-18(14(13)2)25-20(27)12-30-22(29)19(9-10-31-3)26-21(28)16-8-7-15(23)11-17(16)24/h7-8,11,13-14,18-19H,4-6,9-10,12H2,1-3H3,(H,25,27)(H,26,28)/t13-,14+,18+,19+/m1/s1. The third-order valence-electron chi connectivity index (χ3n) is 5.77. The molecule has 6 nitrogen and oxygen atoms in total. The minimum absolute atomic E-state index is 0.0917. The molecule has 4 atom stereocenters. The Balaban J connectivity index is 1.92. The SMILES string of the molecule is CSCC[C@H](NC(=O)c1ccc(Cl)cc1Cl)C(=O)OCC(=O)N[C@H]1CCC[C@@H](C)[C@@H]1C. The van der Waals surface area contributed by atoms with Gasteiger partial charge >= 0.3 is 5.97 Å². The Morgan fingerprint density at radius 3 is 2.65 bits per heavy atom. The van der Waals surface area contributed by atoms with Crippen LogP contribution in [0.3, 0.4) is 0 Å². The van der Waals surface area contributed by atoms with Gasteiger partial charge in [0.05, 0.1) is 10.6 Å². The zero-order valence-electron chi connectivity index (χ0n) is 18.1. The molecule has 1 aromatic rings. The van der Waals surface area contributed by atoms with Crippen molar-refractivity contribution in [2.75, 3.05) is 18.6 Å². The molecular formula is C22H30Cl2N2O4S. The number of esters is 1. The van der Waals surface area contributed by atoms with Gasteiger partial charge in [-0.15, -0.1) is 0 Å². The summed E-state index contributed by atoms with van der Waals surface area (Å²) in [6, 6.07) is 3.72. The normalized spacial score (nSPS) is 21.8. The number of nitrogens with one attached hydrogen (secondary N) is 2. The van der Waals surface area contributed by atoms with E-state index in [0.717, 1.165) is 19.3 Å². The molecule has 1 saturated carbocycles. The number of halogens is 2. The van der Waals surface area contributed by atoms with Crippen molar-refractivity contribution in [3.63, 3.8) is 0 Å². The van der Waals surface area contributed by atoms with Crippen molar-refractivity contribution >= 4 is 52.7 Å². The number of ether oxygens (including phenoxy) is 1. The molecule has 0 radical (unpaired) electrons. The van der Waals surface area contributed by atoms with Crippen LogP contribution in [-0.2, 0) is 14.3 Å². The van der Waals surface area contributed by atoms with Gasteiger partial charge in [0, 0.05) is 11.1 Å². The van der Waals surface area contributed by atoms with Crippen LogP contribution in [0.4, 0.5) is 0 Å². The number of hydrogen-bond acceptors (Lipinski definition) is 5. The van der Waals surface area contributed by atoms with Crippen molar-refractivity contribution in [2.45, 2.75) is 51.6 Å². The van der Waals surface area contributed by atoms with E-state index in [9.17, 15) is 14.4 Å². The van der Waals surface area contributed by atoms with Crippen molar-refractivity contribution in [1.29, 1.82) is 0 Å². The Morgan fingerprint density at radius 2 is 1.97 bits per heavy atom. The minimum Gasteiger partial charge on any atom is -0.454 e. The third-order valence-corrected chi connectivity index (χ3v) is 6.97. The van der Waals surface area contributed by atoms with Crippen LogP contribution in [0, 0.1) is 11.8 Å². The second kappa shape index (κ2) is 12.6. The quantitative estimate of drug-likeness (QED) is 0.505. The second-order valence-corrected chi connectivity index (χ2v) is 9.81. The van der Waals surface area contributed by atoms with Crippen LogP contribution in [0.25, 0.3) is 0 Å². The highest BCUT2D eigenvalue weighted by molar-refractivity contribution is 7.98. The molecule has 0 aliphatic heterocycles. The van der Waals surface area contributed by atoms with E-state index in [4.69, 9.17) is 27.9 Å². The fourth-order valence-corrected chi connectivity index (χ4v) is 4.63. The molecule has 0 heterocycles. The first kappa shape index (κ1) is 25.8. The second-order valence-electron chi connectivity index (χ2n) is 7.98. The maximum absolute atomic E-state index is 12.6. The molecule has 172 valence electrons. The van der Waals surface area contributed by atoms with E-state index in [1.54, 1.807) is 17.8 Å². The molecule has 0 unspecified atom stereocenters. The van der Waals surface area contributed by atoms with Gasteiger partial charge in [-0.1, -0.05) is 49.9 Å². The van der Waals surface area contributed by atoms with E-state index in [2.05, 4.69) is 24.5 Å². The Kier molecular flexibility index (Phi) is 10.5. The minimum atomic E-state index is -0.881. The molecule has 1 aliphatic rings. The Morgan fingerprint density at radius 1 is 1.23 bits per heavy atom. The van der Waals surface area contributed by atoms with Crippen LogP contribution in [0.5, 0.6) is 0 Å². The van der Waals surface area contributed by atoms with Crippen molar-refractivity contribution in [1.82, 2.24) is 10.6 Å². The highest BCUT2D eigenvalue weighted by Gasteiger charge is 2.29. The fraction of sp³-hybridized carbons (Fsp3) is 0.591. The van der Waals surface area contributed by atoms with E-state index in [1.165, 1.54) is 12.1 Å². The summed E-state index contributed by atoms with van der Waals surface area (Å²) in [5.74, 6) is 0.0957. The molecule has 2 rings (SSSR count). The number of hydrogen-bond donors (Lipinski definition) is 2. The van der Waals surface area contributed by atoms with Gasteiger partial charge in [0.2, 0.25) is 0 Å². The molecule has 0 spiro atoms. The van der Waals surface area contributed by atoms with Crippen molar-refractivity contribution in [3.05, 3.63) is 33.8 Å². The molecule has 31 heavy (non-hydrogen) atoms. The van der Waals surface area contributed by atoms with Gasteiger partial charge in [0.1, 0.15) is 6.04 Å². The van der Waals surface area contributed by atoms with Gasteiger partial charge in [0.25, 0.3) is 11.8 Å². The highest BCUT2D eigenvalue weighted by atomic mass is 35.5. The van der Waals surface area contributed by atoms with E-state index in [0.29, 0.717) is 29.0 Å². The number of carbonyl (C=O) groups excluding carboxylic acids is 3. The van der Waals surface area contributed by atoms with E-state index < -0.39 is 17.9 Å². The largest absolute Gasteiger partial charge is 0.454 e. The van der Waals surface area contributed by atoms with Crippen LogP contribution in [0.1, 0.15) is 49.9 Å². The zero-order chi connectivity index (χ0) is 23.0. The highest BCUT2D eigenvalue weighted by Crippen LogP contribution is 2.29. The van der Waals surface area contributed by atoms with Gasteiger partial charge in [0.15, 0.2) is 6.61 Å². The van der Waals surface area contributed by atoms with Crippen LogP contribution in [0.2, 0.25) is 10.0 Å². The number of carbonyl (C=O) groups is 3. The molecule has 0 aromatic heterocycles. The predicted molar refractivity (Wildman–Crippen MR) is 126 cm³/mol. The van der Waals surface area contributed by atoms with Crippen LogP contribution in [-0.4, -0.2) is 48.5 Å². The smallest absolute Gasteiger partial charge is 0.329 e. The molecular weight excluding hydrogens is 459 g/mol. The van der Waals surface area contributed by atoms with Crippen molar-refractivity contribution < 1.29 is 19.1 Å². The lowest BCUT2D eigenvalue weighted by molar-refractivity contribution is -0.150.